The Kier molecular flexibility index (Phi) is 4.33. The van der Waals surface area contributed by atoms with Crippen LogP contribution in [0.5, 0.6) is 0 Å². The first-order valence-electron chi connectivity index (χ1n) is 3.96. The SMILES string of the molecule is Fc1ccc(C=CCCS)cc1Cl. The molecule has 0 nitrogen and oxygen atoms in total. The zero-order valence-corrected chi connectivity index (χ0v) is 8.65. The first-order valence-corrected chi connectivity index (χ1v) is 4.97. The minimum Gasteiger partial charge on any atom is -0.205 e. The number of hydrogen-bond acceptors (Lipinski definition) is 1. The van der Waals surface area contributed by atoms with Gasteiger partial charge in [-0.05, 0) is 29.9 Å². The highest BCUT2D eigenvalue weighted by Gasteiger charge is 1.97. The monoisotopic (exact) mass is 216 g/mol. The lowest BCUT2D eigenvalue weighted by Gasteiger charge is -1.95. The van der Waals surface area contributed by atoms with E-state index in [2.05, 4.69) is 12.6 Å². The average Bonchev–Trinajstić information content (AvgIpc) is 2.12. The van der Waals surface area contributed by atoms with Crippen molar-refractivity contribution in [1.82, 2.24) is 0 Å². The molecule has 1 rings (SSSR count). The van der Waals surface area contributed by atoms with Crippen molar-refractivity contribution in [2.45, 2.75) is 6.42 Å². The lowest BCUT2D eigenvalue weighted by atomic mass is 10.2. The first kappa shape index (κ1) is 10.6. The maximum Gasteiger partial charge on any atom is 0.141 e. The minimum atomic E-state index is -0.381. The Morgan fingerprint density at radius 2 is 2.23 bits per heavy atom. The molecule has 1 aromatic rings. The quantitative estimate of drug-likeness (QED) is 0.730. The Balaban J connectivity index is 2.73. The first-order chi connectivity index (χ1) is 6.24. The van der Waals surface area contributed by atoms with E-state index in [4.69, 9.17) is 11.6 Å². The third-order valence-corrected chi connectivity index (χ3v) is 2.10. The second kappa shape index (κ2) is 5.30. The van der Waals surface area contributed by atoms with Crippen LogP contribution >= 0.6 is 24.2 Å². The van der Waals surface area contributed by atoms with Gasteiger partial charge in [0, 0.05) is 0 Å². The van der Waals surface area contributed by atoms with Gasteiger partial charge in [0.2, 0.25) is 0 Å². The molecule has 0 aromatic heterocycles. The molecule has 70 valence electrons. The van der Waals surface area contributed by atoms with Gasteiger partial charge >= 0.3 is 0 Å². The number of benzene rings is 1. The van der Waals surface area contributed by atoms with Gasteiger partial charge in [0.05, 0.1) is 5.02 Å². The van der Waals surface area contributed by atoms with Crippen LogP contribution in [0.1, 0.15) is 12.0 Å². The highest BCUT2D eigenvalue weighted by molar-refractivity contribution is 7.80. The van der Waals surface area contributed by atoms with Crippen molar-refractivity contribution < 1.29 is 4.39 Å². The van der Waals surface area contributed by atoms with Crippen LogP contribution in [-0.2, 0) is 0 Å². The van der Waals surface area contributed by atoms with Crippen LogP contribution in [0.3, 0.4) is 0 Å². The standard InChI is InChI=1S/C10H10ClFS/c11-9-7-8(3-1-2-6-13)4-5-10(9)12/h1,3-5,7,13H,2,6H2. The van der Waals surface area contributed by atoms with Gasteiger partial charge in [-0.25, -0.2) is 4.39 Å². The van der Waals surface area contributed by atoms with E-state index in [1.165, 1.54) is 6.07 Å². The predicted molar refractivity (Wildman–Crippen MR) is 58.9 cm³/mol. The van der Waals surface area contributed by atoms with Gasteiger partial charge in [-0.15, -0.1) is 0 Å². The number of thiol groups is 1. The maximum atomic E-state index is 12.7. The number of allylic oxidation sites excluding steroid dienone is 1. The van der Waals surface area contributed by atoms with E-state index in [1.807, 2.05) is 12.2 Å². The molecule has 1 aromatic carbocycles. The smallest absolute Gasteiger partial charge is 0.141 e. The zero-order chi connectivity index (χ0) is 9.68. The van der Waals surface area contributed by atoms with E-state index in [1.54, 1.807) is 12.1 Å². The Labute approximate surface area is 87.8 Å². The zero-order valence-electron chi connectivity index (χ0n) is 7.00. The van der Waals surface area contributed by atoms with E-state index in [-0.39, 0.29) is 10.8 Å². The Hall–Kier alpha value is -0.470. The second-order valence-electron chi connectivity index (χ2n) is 2.59. The van der Waals surface area contributed by atoms with Crippen molar-refractivity contribution in [3.05, 3.63) is 40.7 Å². The summed E-state index contributed by atoms with van der Waals surface area (Å²) in [6, 6.07) is 4.66. The summed E-state index contributed by atoms with van der Waals surface area (Å²) in [7, 11) is 0. The van der Waals surface area contributed by atoms with E-state index in [0.29, 0.717) is 0 Å². The third-order valence-electron chi connectivity index (χ3n) is 1.55. The van der Waals surface area contributed by atoms with Crippen molar-refractivity contribution in [2.24, 2.45) is 0 Å². The molecule has 0 atom stereocenters. The lowest BCUT2D eigenvalue weighted by Crippen LogP contribution is -1.78. The number of rotatable bonds is 3. The van der Waals surface area contributed by atoms with E-state index in [0.717, 1.165) is 17.7 Å². The van der Waals surface area contributed by atoms with Crippen LogP contribution in [0.25, 0.3) is 6.08 Å². The highest BCUT2D eigenvalue weighted by atomic mass is 35.5. The van der Waals surface area contributed by atoms with Gasteiger partial charge in [0.15, 0.2) is 0 Å². The summed E-state index contributed by atoms with van der Waals surface area (Å²) in [6.45, 7) is 0. The molecular weight excluding hydrogens is 207 g/mol. The summed E-state index contributed by atoms with van der Waals surface area (Å²) in [5.74, 6) is 0.429. The van der Waals surface area contributed by atoms with Gasteiger partial charge in [-0.3, -0.25) is 0 Å². The van der Waals surface area contributed by atoms with Crippen LogP contribution in [0.2, 0.25) is 5.02 Å². The normalized spacial score (nSPS) is 11.0. The van der Waals surface area contributed by atoms with E-state index >= 15 is 0 Å². The molecule has 0 aliphatic heterocycles. The molecule has 3 heteroatoms. The Bertz CT molecular complexity index is 310. The molecule has 0 unspecified atom stereocenters. The van der Waals surface area contributed by atoms with Crippen molar-refractivity contribution in [2.75, 3.05) is 5.75 Å². The van der Waals surface area contributed by atoms with Crippen LogP contribution < -0.4 is 0 Å². The molecule has 0 spiro atoms. The van der Waals surface area contributed by atoms with E-state index < -0.39 is 0 Å². The molecular formula is C10H10ClFS. The largest absolute Gasteiger partial charge is 0.205 e. The number of hydrogen-bond donors (Lipinski definition) is 1. The molecule has 0 radical (unpaired) electrons. The fourth-order valence-corrected chi connectivity index (χ4v) is 1.25. The summed E-state index contributed by atoms with van der Waals surface area (Å²) >= 11 is 9.67. The van der Waals surface area contributed by atoms with Gasteiger partial charge in [-0.2, -0.15) is 12.6 Å². The fraction of sp³-hybridized carbons (Fsp3) is 0.200. The van der Waals surface area contributed by atoms with Crippen molar-refractivity contribution in [1.29, 1.82) is 0 Å². The van der Waals surface area contributed by atoms with E-state index in [9.17, 15) is 4.39 Å². The topological polar surface area (TPSA) is 0 Å². The molecule has 0 aliphatic carbocycles. The molecule has 0 heterocycles. The van der Waals surface area contributed by atoms with Crippen LogP contribution in [0.15, 0.2) is 24.3 Å². The molecule has 0 N–H and O–H groups in total. The highest BCUT2D eigenvalue weighted by Crippen LogP contribution is 2.16. The van der Waals surface area contributed by atoms with Crippen LogP contribution in [-0.4, -0.2) is 5.75 Å². The van der Waals surface area contributed by atoms with Crippen molar-refractivity contribution >= 4 is 30.3 Å². The van der Waals surface area contributed by atoms with Gasteiger partial charge < -0.3 is 0 Å². The summed E-state index contributed by atoms with van der Waals surface area (Å²) in [5, 5.41) is 0.160. The third kappa shape index (κ3) is 3.41. The molecule has 0 amide bonds. The molecule has 0 fully saturated rings. The van der Waals surface area contributed by atoms with Gasteiger partial charge in [-0.1, -0.05) is 29.8 Å². The summed E-state index contributed by atoms with van der Waals surface area (Å²) in [5.41, 5.74) is 0.910. The minimum absolute atomic E-state index is 0.160. The van der Waals surface area contributed by atoms with Gasteiger partial charge in [0.25, 0.3) is 0 Å². The molecule has 0 bridgehead atoms. The summed E-state index contributed by atoms with van der Waals surface area (Å²) < 4.78 is 12.7. The number of halogens is 2. The van der Waals surface area contributed by atoms with Crippen LogP contribution in [0, 0.1) is 5.82 Å². The summed E-state index contributed by atoms with van der Waals surface area (Å²) in [4.78, 5) is 0. The predicted octanol–water partition coefficient (Wildman–Crippen LogP) is 3.81. The van der Waals surface area contributed by atoms with Gasteiger partial charge in [0.1, 0.15) is 5.82 Å². The maximum absolute atomic E-state index is 12.7. The average molecular weight is 217 g/mol. The van der Waals surface area contributed by atoms with Crippen LogP contribution in [0.4, 0.5) is 4.39 Å². The molecule has 0 aliphatic rings. The Morgan fingerprint density at radius 3 is 2.85 bits per heavy atom. The summed E-state index contributed by atoms with van der Waals surface area (Å²) in [6.07, 6.45) is 4.79. The Morgan fingerprint density at radius 1 is 1.46 bits per heavy atom. The molecule has 0 saturated carbocycles. The van der Waals surface area contributed by atoms with Crippen molar-refractivity contribution in [3.8, 4) is 0 Å². The molecule has 13 heavy (non-hydrogen) atoms. The second-order valence-corrected chi connectivity index (χ2v) is 3.44. The fourth-order valence-electron chi connectivity index (χ4n) is 0.910. The molecule has 0 saturated heterocycles. The van der Waals surface area contributed by atoms with Crippen molar-refractivity contribution in [3.63, 3.8) is 0 Å². The lowest BCUT2D eigenvalue weighted by molar-refractivity contribution is 0.628.